The maximum absolute atomic E-state index is 6.11. The van der Waals surface area contributed by atoms with Crippen LogP contribution in [0, 0.1) is 13.8 Å². The first kappa shape index (κ1) is 15.2. The van der Waals surface area contributed by atoms with Gasteiger partial charge in [-0.05, 0) is 50.1 Å². The average molecular weight is 311 g/mol. The molecule has 0 bridgehead atoms. The smallest absolute Gasteiger partial charge is 0.207 e. The molecule has 2 heterocycles. The van der Waals surface area contributed by atoms with Gasteiger partial charge in [-0.3, -0.25) is 4.57 Å². The molecule has 3 rings (SSSR count). The van der Waals surface area contributed by atoms with Crippen molar-refractivity contribution < 1.29 is 0 Å². The molecule has 0 fully saturated rings. The van der Waals surface area contributed by atoms with Crippen molar-refractivity contribution in [3.05, 3.63) is 35.7 Å². The highest BCUT2D eigenvalue weighted by Gasteiger charge is 2.13. The number of nitrogens with two attached hydrogens (primary N) is 2. The Hall–Kier alpha value is -2.67. The second kappa shape index (κ2) is 6.21. The van der Waals surface area contributed by atoms with E-state index in [1.165, 1.54) is 17.5 Å². The standard InChI is InChI=1S/C16H21N7/c1-10-6-12-13(7-11(10)2)23(16(18)22-12)15-8-14(20-9-21-15)19-5-3-4-17/h6-9H,3-5,17H2,1-2H3,(H2,18,22)(H,19,20,21). The lowest BCUT2D eigenvalue weighted by Crippen LogP contribution is -2.10. The molecule has 0 aliphatic heterocycles. The predicted molar refractivity (Wildman–Crippen MR) is 92.7 cm³/mol. The Morgan fingerprint density at radius 2 is 1.91 bits per heavy atom. The third-order valence-corrected chi connectivity index (χ3v) is 3.86. The number of nitrogens with one attached hydrogen (secondary N) is 1. The number of aryl methyl sites for hydroxylation is 2. The highest BCUT2D eigenvalue weighted by Crippen LogP contribution is 2.25. The lowest BCUT2D eigenvalue weighted by molar-refractivity contribution is 0.867. The summed E-state index contributed by atoms with van der Waals surface area (Å²) in [5, 5.41) is 3.23. The van der Waals surface area contributed by atoms with Crippen LogP contribution in [0.5, 0.6) is 0 Å². The molecular weight excluding hydrogens is 290 g/mol. The topological polar surface area (TPSA) is 108 Å². The highest BCUT2D eigenvalue weighted by atomic mass is 15.2. The first-order valence-electron chi connectivity index (χ1n) is 7.61. The number of anilines is 2. The Morgan fingerprint density at radius 1 is 1.13 bits per heavy atom. The van der Waals surface area contributed by atoms with E-state index in [1.807, 2.05) is 16.7 Å². The number of nitrogens with zero attached hydrogens (tertiary/aromatic N) is 4. The molecule has 0 radical (unpaired) electrons. The molecular formula is C16H21N7. The molecule has 2 aromatic heterocycles. The summed E-state index contributed by atoms with van der Waals surface area (Å²) in [7, 11) is 0. The lowest BCUT2D eigenvalue weighted by Gasteiger charge is -2.09. The number of imidazole rings is 1. The minimum absolute atomic E-state index is 0.414. The SMILES string of the molecule is Cc1cc2nc(N)n(-c3cc(NCCCN)ncn3)c2cc1C. The van der Waals surface area contributed by atoms with E-state index >= 15 is 0 Å². The van der Waals surface area contributed by atoms with Gasteiger partial charge in [0.2, 0.25) is 5.95 Å². The summed E-state index contributed by atoms with van der Waals surface area (Å²) in [4.78, 5) is 13.0. The summed E-state index contributed by atoms with van der Waals surface area (Å²) in [5.74, 6) is 1.85. The normalized spacial score (nSPS) is 11.1. The van der Waals surface area contributed by atoms with Crippen molar-refractivity contribution >= 4 is 22.8 Å². The molecule has 23 heavy (non-hydrogen) atoms. The number of hydrogen-bond acceptors (Lipinski definition) is 6. The molecule has 120 valence electrons. The fourth-order valence-corrected chi connectivity index (χ4v) is 2.48. The van der Waals surface area contributed by atoms with Gasteiger partial charge in [0.1, 0.15) is 18.0 Å². The Morgan fingerprint density at radius 3 is 2.70 bits per heavy atom. The van der Waals surface area contributed by atoms with Crippen molar-refractivity contribution in [3.63, 3.8) is 0 Å². The van der Waals surface area contributed by atoms with Gasteiger partial charge in [0.25, 0.3) is 0 Å². The van der Waals surface area contributed by atoms with Crippen molar-refractivity contribution in [3.8, 4) is 5.82 Å². The van der Waals surface area contributed by atoms with Crippen molar-refractivity contribution in [1.29, 1.82) is 0 Å². The van der Waals surface area contributed by atoms with E-state index in [0.717, 1.165) is 29.8 Å². The Labute approximate surface area is 134 Å². The molecule has 0 unspecified atom stereocenters. The summed E-state index contributed by atoms with van der Waals surface area (Å²) in [5.41, 5.74) is 15.8. The minimum atomic E-state index is 0.414. The van der Waals surface area contributed by atoms with Gasteiger partial charge in [-0.15, -0.1) is 0 Å². The zero-order chi connectivity index (χ0) is 16.4. The molecule has 0 aliphatic rings. The fraction of sp³-hybridized carbons (Fsp3) is 0.312. The molecule has 5 N–H and O–H groups in total. The maximum atomic E-state index is 6.11. The summed E-state index contributed by atoms with van der Waals surface area (Å²) in [6, 6.07) is 5.99. The molecule has 3 aromatic rings. The first-order chi connectivity index (χ1) is 11.1. The number of nitrogen functional groups attached to an aromatic ring is 1. The molecule has 0 amide bonds. The van der Waals surface area contributed by atoms with Crippen LogP contribution in [-0.2, 0) is 0 Å². The number of benzene rings is 1. The van der Waals surface area contributed by atoms with Crippen LogP contribution in [0.1, 0.15) is 17.5 Å². The summed E-state index contributed by atoms with van der Waals surface area (Å²) >= 11 is 0. The van der Waals surface area contributed by atoms with Crippen LogP contribution in [0.4, 0.5) is 11.8 Å². The van der Waals surface area contributed by atoms with Gasteiger partial charge in [-0.2, -0.15) is 0 Å². The van der Waals surface area contributed by atoms with E-state index in [2.05, 4.69) is 40.2 Å². The van der Waals surface area contributed by atoms with E-state index in [9.17, 15) is 0 Å². The van der Waals surface area contributed by atoms with Crippen molar-refractivity contribution in [2.24, 2.45) is 5.73 Å². The number of fused-ring (bicyclic) bond motifs is 1. The monoisotopic (exact) mass is 311 g/mol. The van der Waals surface area contributed by atoms with Crippen molar-refractivity contribution in [1.82, 2.24) is 19.5 Å². The third kappa shape index (κ3) is 2.95. The Balaban J connectivity index is 2.04. The zero-order valence-electron chi connectivity index (χ0n) is 13.4. The van der Waals surface area contributed by atoms with Crippen LogP contribution in [0.2, 0.25) is 0 Å². The van der Waals surface area contributed by atoms with Crippen molar-refractivity contribution in [2.75, 3.05) is 24.1 Å². The quantitative estimate of drug-likeness (QED) is 0.620. The largest absolute Gasteiger partial charge is 0.370 e. The van der Waals surface area contributed by atoms with Gasteiger partial charge in [-0.1, -0.05) is 0 Å². The number of rotatable bonds is 5. The van der Waals surface area contributed by atoms with Gasteiger partial charge >= 0.3 is 0 Å². The number of aromatic nitrogens is 4. The van der Waals surface area contributed by atoms with E-state index in [1.54, 1.807) is 0 Å². The van der Waals surface area contributed by atoms with Crippen molar-refractivity contribution in [2.45, 2.75) is 20.3 Å². The van der Waals surface area contributed by atoms with E-state index < -0.39 is 0 Å². The molecule has 1 aromatic carbocycles. The molecule has 0 saturated heterocycles. The Kier molecular flexibility index (Phi) is 4.12. The van der Waals surface area contributed by atoms with Gasteiger partial charge in [0.05, 0.1) is 11.0 Å². The zero-order valence-corrected chi connectivity index (χ0v) is 13.4. The summed E-state index contributed by atoms with van der Waals surface area (Å²) in [6.45, 7) is 5.55. The highest BCUT2D eigenvalue weighted by molar-refractivity contribution is 5.82. The second-order valence-electron chi connectivity index (χ2n) is 5.56. The minimum Gasteiger partial charge on any atom is -0.370 e. The van der Waals surface area contributed by atoms with Crippen LogP contribution in [-0.4, -0.2) is 32.6 Å². The summed E-state index contributed by atoms with van der Waals surface area (Å²) < 4.78 is 1.84. The van der Waals surface area contributed by atoms with E-state index in [0.29, 0.717) is 18.3 Å². The van der Waals surface area contributed by atoms with E-state index in [4.69, 9.17) is 11.5 Å². The Bertz CT molecular complexity index is 838. The van der Waals surface area contributed by atoms with Crippen LogP contribution in [0.3, 0.4) is 0 Å². The third-order valence-electron chi connectivity index (χ3n) is 3.86. The maximum Gasteiger partial charge on any atom is 0.207 e. The lowest BCUT2D eigenvalue weighted by atomic mass is 10.1. The van der Waals surface area contributed by atoms with Gasteiger partial charge in [0.15, 0.2) is 0 Å². The predicted octanol–water partition coefficient (Wildman–Crippen LogP) is 1.78. The molecule has 0 saturated carbocycles. The molecule has 0 atom stereocenters. The second-order valence-corrected chi connectivity index (χ2v) is 5.56. The summed E-state index contributed by atoms with van der Waals surface area (Å²) in [6.07, 6.45) is 2.40. The molecule has 7 heteroatoms. The molecule has 7 nitrogen and oxygen atoms in total. The van der Waals surface area contributed by atoms with Crippen LogP contribution in [0.15, 0.2) is 24.5 Å². The number of hydrogen-bond donors (Lipinski definition) is 3. The molecule has 0 spiro atoms. The van der Waals surface area contributed by atoms with Gasteiger partial charge in [-0.25, -0.2) is 15.0 Å². The van der Waals surface area contributed by atoms with E-state index in [-0.39, 0.29) is 0 Å². The van der Waals surface area contributed by atoms with Crippen LogP contribution >= 0.6 is 0 Å². The van der Waals surface area contributed by atoms with Gasteiger partial charge < -0.3 is 16.8 Å². The van der Waals surface area contributed by atoms with Crippen LogP contribution in [0.25, 0.3) is 16.9 Å². The van der Waals surface area contributed by atoms with Gasteiger partial charge in [0, 0.05) is 12.6 Å². The average Bonchev–Trinajstić information content (AvgIpc) is 2.83. The fourth-order valence-electron chi connectivity index (χ4n) is 2.48. The molecule has 0 aliphatic carbocycles. The first-order valence-corrected chi connectivity index (χ1v) is 7.61. The van der Waals surface area contributed by atoms with Crippen LogP contribution < -0.4 is 16.8 Å².